The number of anilines is 2. The molecule has 0 radical (unpaired) electrons. The molecule has 120 valence electrons. The Morgan fingerprint density at radius 3 is 2.24 bits per heavy atom. The van der Waals surface area contributed by atoms with Gasteiger partial charge in [-0.3, -0.25) is 0 Å². The van der Waals surface area contributed by atoms with Crippen LogP contribution in [0.4, 0.5) is 11.6 Å². The quantitative estimate of drug-likeness (QED) is 0.567. The molecule has 0 bridgehead atoms. The van der Waals surface area contributed by atoms with Crippen molar-refractivity contribution >= 4 is 23.4 Å². The number of rotatable bonds is 7. The zero-order valence-corrected chi connectivity index (χ0v) is 15.3. The fourth-order valence-electron chi connectivity index (χ4n) is 2.64. The molecule has 0 unspecified atom stereocenters. The van der Waals surface area contributed by atoms with Gasteiger partial charge >= 0.3 is 0 Å². The lowest BCUT2D eigenvalue weighted by Gasteiger charge is -2.33. The van der Waals surface area contributed by atoms with Gasteiger partial charge in [-0.1, -0.05) is 39.5 Å². The molecule has 1 heterocycles. The van der Waals surface area contributed by atoms with Gasteiger partial charge in [-0.05, 0) is 38.4 Å². The van der Waals surface area contributed by atoms with Crippen LogP contribution in [-0.4, -0.2) is 28.3 Å². The molecule has 0 aliphatic rings. The molecule has 5 heteroatoms. The Labute approximate surface area is 133 Å². The maximum atomic E-state index is 4.58. The van der Waals surface area contributed by atoms with Crippen LogP contribution in [0.2, 0.25) is 0 Å². The van der Waals surface area contributed by atoms with Crippen molar-refractivity contribution in [1.82, 2.24) is 9.97 Å². The van der Waals surface area contributed by atoms with Crippen LogP contribution < -0.4 is 10.6 Å². The summed E-state index contributed by atoms with van der Waals surface area (Å²) >= 11 is 1.57. The van der Waals surface area contributed by atoms with Gasteiger partial charge in [0.1, 0.15) is 11.6 Å². The minimum absolute atomic E-state index is 0.00962. The first-order valence-electron chi connectivity index (χ1n) is 7.60. The number of nitrogens with one attached hydrogen (secondary N) is 2. The van der Waals surface area contributed by atoms with E-state index in [1.165, 1.54) is 0 Å². The lowest BCUT2D eigenvalue weighted by atomic mass is 9.82. The van der Waals surface area contributed by atoms with Crippen molar-refractivity contribution in [2.45, 2.75) is 65.1 Å². The Morgan fingerprint density at radius 2 is 1.71 bits per heavy atom. The highest BCUT2D eigenvalue weighted by molar-refractivity contribution is 7.98. The van der Waals surface area contributed by atoms with Gasteiger partial charge in [0.2, 0.25) is 0 Å². The van der Waals surface area contributed by atoms with Crippen molar-refractivity contribution in [3.63, 3.8) is 0 Å². The molecule has 21 heavy (non-hydrogen) atoms. The molecule has 1 aromatic heterocycles. The van der Waals surface area contributed by atoms with E-state index in [2.05, 4.69) is 62.1 Å². The molecule has 0 fully saturated rings. The summed E-state index contributed by atoms with van der Waals surface area (Å²) in [6, 6.07) is 2.00. The average molecular weight is 311 g/mol. The second kappa shape index (κ2) is 7.34. The Bertz CT molecular complexity index is 452. The van der Waals surface area contributed by atoms with E-state index in [9.17, 15) is 0 Å². The lowest BCUT2D eigenvalue weighted by Crippen LogP contribution is -2.35. The summed E-state index contributed by atoms with van der Waals surface area (Å²) in [6.07, 6.45) is 4.15. The predicted molar refractivity (Wildman–Crippen MR) is 94.4 cm³/mol. The fourth-order valence-corrected chi connectivity index (χ4v) is 3.02. The first kappa shape index (κ1) is 18.1. The molecule has 1 rings (SSSR count). The lowest BCUT2D eigenvalue weighted by molar-refractivity contribution is 0.302. The summed E-state index contributed by atoms with van der Waals surface area (Å²) in [7, 11) is 0. The molecule has 0 amide bonds. The second-order valence-electron chi connectivity index (χ2n) is 7.30. The van der Waals surface area contributed by atoms with Crippen LogP contribution in [-0.2, 0) is 0 Å². The fraction of sp³-hybridized carbons (Fsp3) is 0.750. The first-order chi connectivity index (χ1) is 9.65. The van der Waals surface area contributed by atoms with Crippen molar-refractivity contribution in [1.29, 1.82) is 0 Å². The van der Waals surface area contributed by atoms with Crippen molar-refractivity contribution in [3.8, 4) is 0 Å². The van der Waals surface area contributed by atoms with Crippen LogP contribution in [0.1, 0.15) is 54.4 Å². The summed E-state index contributed by atoms with van der Waals surface area (Å²) in [6.45, 7) is 14.3. The highest BCUT2D eigenvalue weighted by Gasteiger charge is 2.25. The van der Waals surface area contributed by atoms with Gasteiger partial charge in [-0.15, -0.1) is 0 Å². The van der Waals surface area contributed by atoms with Gasteiger partial charge in [0.15, 0.2) is 5.16 Å². The van der Waals surface area contributed by atoms with Crippen molar-refractivity contribution in [2.24, 2.45) is 5.41 Å². The zero-order valence-electron chi connectivity index (χ0n) is 14.5. The SMILES string of the molecule is CCCNc1cc(NC(C)(C)CC(C)(C)C)nc(SC)n1. The summed E-state index contributed by atoms with van der Waals surface area (Å²) in [4.78, 5) is 9.07. The Hall–Kier alpha value is -0.970. The first-order valence-corrected chi connectivity index (χ1v) is 8.83. The van der Waals surface area contributed by atoms with E-state index < -0.39 is 0 Å². The number of nitrogens with zero attached hydrogens (tertiary/aromatic N) is 2. The van der Waals surface area contributed by atoms with Gasteiger partial charge in [0, 0.05) is 18.2 Å². The maximum Gasteiger partial charge on any atom is 0.191 e. The van der Waals surface area contributed by atoms with E-state index in [1.807, 2.05) is 12.3 Å². The van der Waals surface area contributed by atoms with E-state index in [0.29, 0.717) is 0 Å². The van der Waals surface area contributed by atoms with Crippen LogP contribution in [0.3, 0.4) is 0 Å². The molecular formula is C16H30N4S. The molecule has 4 nitrogen and oxygen atoms in total. The third-order valence-corrected chi connectivity index (χ3v) is 3.43. The smallest absolute Gasteiger partial charge is 0.191 e. The normalized spacial score (nSPS) is 12.3. The third kappa shape index (κ3) is 7.02. The van der Waals surface area contributed by atoms with E-state index in [0.717, 1.165) is 36.2 Å². The Kier molecular flexibility index (Phi) is 6.32. The van der Waals surface area contributed by atoms with E-state index in [1.54, 1.807) is 11.8 Å². The molecule has 0 aliphatic carbocycles. The van der Waals surface area contributed by atoms with Gasteiger partial charge in [0.25, 0.3) is 0 Å². The third-order valence-electron chi connectivity index (χ3n) is 2.88. The standard InChI is InChI=1S/C16H30N4S/c1-8-9-17-12-10-13(19-14(18-12)21-7)20-16(5,6)11-15(2,3)4/h10H,8-9,11H2,1-7H3,(H2,17,18,19,20). The van der Waals surface area contributed by atoms with E-state index in [-0.39, 0.29) is 11.0 Å². The second-order valence-corrected chi connectivity index (χ2v) is 8.07. The molecule has 0 atom stereocenters. The predicted octanol–water partition coefficient (Wildman–Crippen LogP) is 4.65. The van der Waals surface area contributed by atoms with Crippen molar-refractivity contribution < 1.29 is 0 Å². The van der Waals surface area contributed by atoms with Crippen molar-refractivity contribution in [3.05, 3.63) is 6.07 Å². The number of hydrogen-bond donors (Lipinski definition) is 2. The van der Waals surface area contributed by atoms with Crippen LogP contribution in [0.5, 0.6) is 0 Å². The van der Waals surface area contributed by atoms with Crippen LogP contribution >= 0.6 is 11.8 Å². The Morgan fingerprint density at radius 1 is 1.10 bits per heavy atom. The number of thioether (sulfide) groups is 1. The molecule has 1 aromatic rings. The highest BCUT2D eigenvalue weighted by Crippen LogP contribution is 2.30. The minimum atomic E-state index is -0.00962. The highest BCUT2D eigenvalue weighted by atomic mass is 32.2. The summed E-state index contributed by atoms with van der Waals surface area (Å²) in [5, 5.41) is 7.70. The van der Waals surface area contributed by atoms with Crippen LogP contribution in [0.25, 0.3) is 0 Å². The van der Waals surface area contributed by atoms with Gasteiger partial charge in [-0.2, -0.15) is 0 Å². The van der Waals surface area contributed by atoms with Gasteiger partial charge in [0.05, 0.1) is 0 Å². The van der Waals surface area contributed by atoms with Gasteiger partial charge in [-0.25, -0.2) is 9.97 Å². The topological polar surface area (TPSA) is 49.8 Å². The van der Waals surface area contributed by atoms with E-state index >= 15 is 0 Å². The maximum absolute atomic E-state index is 4.58. The summed E-state index contributed by atoms with van der Waals surface area (Å²) in [5.74, 6) is 1.78. The summed E-state index contributed by atoms with van der Waals surface area (Å²) in [5.41, 5.74) is 0.263. The molecule has 0 spiro atoms. The molecule has 0 aromatic carbocycles. The molecular weight excluding hydrogens is 280 g/mol. The van der Waals surface area contributed by atoms with Crippen LogP contribution in [0.15, 0.2) is 11.2 Å². The zero-order chi connectivity index (χ0) is 16.1. The molecule has 0 saturated carbocycles. The van der Waals surface area contributed by atoms with E-state index in [4.69, 9.17) is 0 Å². The number of hydrogen-bond acceptors (Lipinski definition) is 5. The average Bonchev–Trinajstić information content (AvgIpc) is 2.32. The molecule has 0 aliphatic heterocycles. The summed E-state index contributed by atoms with van der Waals surface area (Å²) < 4.78 is 0. The number of aromatic nitrogens is 2. The minimum Gasteiger partial charge on any atom is -0.370 e. The monoisotopic (exact) mass is 310 g/mol. The molecule has 2 N–H and O–H groups in total. The largest absolute Gasteiger partial charge is 0.370 e. The van der Waals surface area contributed by atoms with Gasteiger partial charge < -0.3 is 10.6 Å². The Balaban J connectivity index is 2.90. The van der Waals surface area contributed by atoms with Crippen LogP contribution in [0, 0.1) is 5.41 Å². The molecule has 0 saturated heterocycles. The van der Waals surface area contributed by atoms with Crippen molar-refractivity contribution in [2.75, 3.05) is 23.4 Å².